The Labute approximate surface area is 156 Å². The van der Waals surface area contributed by atoms with Crippen molar-refractivity contribution < 1.29 is 4.39 Å². The van der Waals surface area contributed by atoms with Gasteiger partial charge in [0.1, 0.15) is 11.6 Å². The van der Waals surface area contributed by atoms with Gasteiger partial charge in [-0.2, -0.15) is 5.10 Å². The average Bonchev–Trinajstić information content (AvgIpc) is 2.99. The minimum atomic E-state index is -0.279. The summed E-state index contributed by atoms with van der Waals surface area (Å²) in [6.07, 6.45) is 4.81. The van der Waals surface area contributed by atoms with Crippen LogP contribution >= 0.6 is 0 Å². The normalized spacial score (nSPS) is 17.9. The van der Waals surface area contributed by atoms with Crippen LogP contribution in [0.1, 0.15) is 30.1 Å². The number of aryl methyl sites for hydroxylation is 1. The van der Waals surface area contributed by atoms with Crippen LogP contribution in [0.25, 0.3) is 5.69 Å². The van der Waals surface area contributed by atoms with E-state index >= 15 is 0 Å². The molecule has 3 heterocycles. The maximum Gasteiger partial charge on any atom is 0.350 e. The molecular weight excluding hydrogens is 345 g/mol. The third kappa shape index (κ3) is 3.55. The Hall–Kier alpha value is -2.80. The Morgan fingerprint density at radius 3 is 2.81 bits per heavy atom. The van der Waals surface area contributed by atoms with Crippen LogP contribution in [-0.4, -0.2) is 37.3 Å². The average molecular weight is 367 g/mol. The van der Waals surface area contributed by atoms with Gasteiger partial charge in [-0.1, -0.05) is 18.2 Å². The second kappa shape index (κ2) is 7.44. The number of piperidine rings is 1. The van der Waals surface area contributed by atoms with E-state index in [1.54, 1.807) is 23.9 Å². The van der Waals surface area contributed by atoms with E-state index in [4.69, 9.17) is 0 Å². The molecule has 0 spiro atoms. The zero-order chi connectivity index (χ0) is 18.8. The number of halogens is 1. The number of hydrogen-bond acceptors (Lipinski definition) is 4. The summed E-state index contributed by atoms with van der Waals surface area (Å²) >= 11 is 0. The number of hydrogen-bond donors (Lipinski definition) is 0. The van der Waals surface area contributed by atoms with Crippen LogP contribution in [0, 0.1) is 5.82 Å². The van der Waals surface area contributed by atoms with E-state index in [0.29, 0.717) is 12.1 Å². The molecule has 0 bridgehead atoms. The SMILES string of the molecule is Cn1nc([C@H]2CCCN(Cc3ccncc3F)C2)n(-c2ccccc2)c1=O. The van der Waals surface area contributed by atoms with Crippen molar-refractivity contribution >= 4 is 0 Å². The zero-order valence-electron chi connectivity index (χ0n) is 15.3. The van der Waals surface area contributed by atoms with Crippen molar-refractivity contribution in [3.63, 3.8) is 0 Å². The molecule has 1 fully saturated rings. The molecule has 7 heteroatoms. The van der Waals surface area contributed by atoms with E-state index < -0.39 is 0 Å². The van der Waals surface area contributed by atoms with Gasteiger partial charge in [0, 0.05) is 37.8 Å². The molecule has 0 saturated carbocycles. The minimum absolute atomic E-state index is 0.123. The highest BCUT2D eigenvalue weighted by Gasteiger charge is 2.28. The maximum atomic E-state index is 14.0. The quantitative estimate of drug-likeness (QED) is 0.711. The molecule has 140 valence electrons. The molecule has 3 aromatic rings. The number of benzene rings is 1. The molecule has 1 saturated heterocycles. The van der Waals surface area contributed by atoms with Crippen LogP contribution in [0.5, 0.6) is 0 Å². The van der Waals surface area contributed by atoms with Gasteiger partial charge in [-0.05, 0) is 37.6 Å². The molecule has 1 aliphatic heterocycles. The van der Waals surface area contributed by atoms with E-state index in [2.05, 4.69) is 15.0 Å². The van der Waals surface area contributed by atoms with E-state index in [1.165, 1.54) is 10.9 Å². The zero-order valence-corrected chi connectivity index (χ0v) is 15.3. The molecule has 6 nitrogen and oxygen atoms in total. The van der Waals surface area contributed by atoms with E-state index in [-0.39, 0.29) is 17.4 Å². The second-order valence-corrected chi connectivity index (χ2v) is 6.98. The fraction of sp³-hybridized carbons (Fsp3) is 0.350. The van der Waals surface area contributed by atoms with Gasteiger partial charge in [-0.3, -0.25) is 9.88 Å². The molecule has 1 aromatic carbocycles. The summed E-state index contributed by atoms with van der Waals surface area (Å²) in [7, 11) is 1.68. The number of rotatable bonds is 4. The lowest BCUT2D eigenvalue weighted by atomic mass is 9.96. The van der Waals surface area contributed by atoms with Crippen molar-refractivity contribution in [3.05, 3.63) is 76.5 Å². The van der Waals surface area contributed by atoms with E-state index in [1.807, 2.05) is 30.3 Å². The van der Waals surface area contributed by atoms with Crippen molar-refractivity contribution in [2.24, 2.45) is 7.05 Å². The highest BCUT2D eigenvalue weighted by Crippen LogP contribution is 2.27. The predicted molar refractivity (Wildman–Crippen MR) is 100 cm³/mol. The first-order valence-corrected chi connectivity index (χ1v) is 9.15. The van der Waals surface area contributed by atoms with E-state index in [0.717, 1.165) is 37.4 Å². The molecule has 0 radical (unpaired) electrons. The third-order valence-electron chi connectivity index (χ3n) is 5.09. The smallest absolute Gasteiger partial charge is 0.298 e. The first kappa shape index (κ1) is 17.6. The molecule has 27 heavy (non-hydrogen) atoms. The Kier molecular flexibility index (Phi) is 4.85. The Bertz CT molecular complexity index is 982. The van der Waals surface area contributed by atoms with Gasteiger partial charge in [0.2, 0.25) is 0 Å². The summed E-state index contributed by atoms with van der Waals surface area (Å²) in [4.78, 5) is 18.7. The highest BCUT2D eigenvalue weighted by atomic mass is 19.1. The fourth-order valence-corrected chi connectivity index (χ4v) is 3.75. The van der Waals surface area contributed by atoms with Gasteiger partial charge in [0.05, 0.1) is 11.9 Å². The van der Waals surface area contributed by atoms with Gasteiger partial charge in [0.25, 0.3) is 0 Å². The number of pyridine rings is 1. The molecule has 0 amide bonds. The number of para-hydroxylation sites is 1. The van der Waals surface area contributed by atoms with Crippen LogP contribution < -0.4 is 5.69 Å². The lowest BCUT2D eigenvalue weighted by molar-refractivity contribution is 0.193. The van der Waals surface area contributed by atoms with Crippen LogP contribution in [-0.2, 0) is 13.6 Å². The van der Waals surface area contributed by atoms with Crippen LogP contribution in [0.2, 0.25) is 0 Å². The minimum Gasteiger partial charge on any atom is -0.298 e. The van der Waals surface area contributed by atoms with Gasteiger partial charge >= 0.3 is 5.69 Å². The van der Waals surface area contributed by atoms with Gasteiger partial charge in [-0.15, -0.1) is 0 Å². The second-order valence-electron chi connectivity index (χ2n) is 6.98. The van der Waals surface area contributed by atoms with Crippen molar-refractivity contribution in [2.45, 2.75) is 25.3 Å². The lowest BCUT2D eigenvalue weighted by Gasteiger charge is -2.32. The lowest BCUT2D eigenvalue weighted by Crippen LogP contribution is -2.35. The van der Waals surface area contributed by atoms with Crippen LogP contribution in [0.15, 0.2) is 53.6 Å². The molecule has 0 aliphatic carbocycles. The summed E-state index contributed by atoms with van der Waals surface area (Å²) in [5.41, 5.74) is 1.32. The highest BCUT2D eigenvalue weighted by molar-refractivity contribution is 5.33. The third-order valence-corrected chi connectivity index (χ3v) is 5.09. The standard InChI is InChI=1S/C20H22FN5O/c1-24-20(27)26(17-7-3-2-4-8-17)19(23-24)16-6-5-11-25(14-16)13-15-9-10-22-12-18(15)21/h2-4,7-10,12,16H,5-6,11,13-14H2,1H3/t16-/m0/s1. The Balaban J connectivity index is 1.62. The summed E-state index contributed by atoms with van der Waals surface area (Å²) in [5.74, 6) is 0.616. The number of likely N-dealkylation sites (tertiary alicyclic amines) is 1. The summed E-state index contributed by atoms with van der Waals surface area (Å²) < 4.78 is 17.0. The maximum absolute atomic E-state index is 14.0. The number of aromatic nitrogens is 4. The van der Waals surface area contributed by atoms with Crippen LogP contribution in [0.4, 0.5) is 4.39 Å². The van der Waals surface area contributed by atoms with Gasteiger partial charge < -0.3 is 0 Å². The first-order chi connectivity index (χ1) is 13.1. The molecule has 1 atom stereocenters. The predicted octanol–water partition coefficient (Wildman–Crippen LogP) is 2.48. The fourth-order valence-electron chi connectivity index (χ4n) is 3.75. The van der Waals surface area contributed by atoms with Gasteiger partial charge in [-0.25, -0.2) is 18.4 Å². The molecule has 0 N–H and O–H groups in total. The van der Waals surface area contributed by atoms with Crippen LogP contribution in [0.3, 0.4) is 0 Å². The molecule has 0 unspecified atom stereocenters. The largest absolute Gasteiger partial charge is 0.350 e. The topological polar surface area (TPSA) is 56.0 Å². The van der Waals surface area contributed by atoms with Crippen molar-refractivity contribution in [1.82, 2.24) is 24.2 Å². The molecule has 2 aromatic heterocycles. The summed E-state index contributed by atoms with van der Waals surface area (Å²) in [6, 6.07) is 11.3. The van der Waals surface area contributed by atoms with E-state index in [9.17, 15) is 9.18 Å². The monoisotopic (exact) mass is 367 g/mol. The first-order valence-electron chi connectivity index (χ1n) is 9.15. The van der Waals surface area contributed by atoms with Crippen molar-refractivity contribution in [1.29, 1.82) is 0 Å². The van der Waals surface area contributed by atoms with Crippen molar-refractivity contribution in [3.8, 4) is 5.69 Å². The Morgan fingerprint density at radius 1 is 1.22 bits per heavy atom. The molecule has 1 aliphatic rings. The summed E-state index contributed by atoms with van der Waals surface area (Å²) in [6.45, 7) is 2.18. The molecule has 4 rings (SSSR count). The van der Waals surface area contributed by atoms with Crippen molar-refractivity contribution in [2.75, 3.05) is 13.1 Å². The van der Waals surface area contributed by atoms with Gasteiger partial charge in [0.15, 0.2) is 0 Å². The Morgan fingerprint density at radius 2 is 2.04 bits per heavy atom. The summed E-state index contributed by atoms with van der Waals surface area (Å²) in [5, 5.41) is 4.53. The molecular formula is C20H22FN5O. The number of nitrogens with zero attached hydrogens (tertiary/aromatic N) is 5.